The van der Waals surface area contributed by atoms with Crippen LogP contribution in [-0.4, -0.2) is 12.6 Å². The normalized spacial score (nSPS) is 11.2. The van der Waals surface area contributed by atoms with Crippen LogP contribution in [0.4, 0.5) is 0 Å². The van der Waals surface area contributed by atoms with E-state index in [1.54, 1.807) is 0 Å². The average molecular weight is 326 g/mol. The van der Waals surface area contributed by atoms with Crippen molar-refractivity contribution in [3.63, 3.8) is 0 Å². The molecule has 0 aliphatic heterocycles. The Morgan fingerprint density at radius 2 is 1.67 bits per heavy atom. The van der Waals surface area contributed by atoms with Crippen molar-refractivity contribution in [3.8, 4) is 11.5 Å². The summed E-state index contributed by atoms with van der Waals surface area (Å²) in [5.74, 6) is 1.25. The van der Waals surface area contributed by atoms with Crippen LogP contribution in [0.1, 0.15) is 44.7 Å². The SMILES string of the molecule is Cc1ccc(OCCCC(=O)Oc2ccccc2C(C)(C)C)cc1. The summed E-state index contributed by atoms with van der Waals surface area (Å²) in [6, 6.07) is 15.6. The number of hydrogen-bond donors (Lipinski definition) is 0. The van der Waals surface area contributed by atoms with E-state index in [1.807, 2.05) is 55.5 Å². The molecule has 3 heteroatoms. The van der Waals surface area contributed by atoms with Crippen LogP contribution in [0.25, 0.3) is 0 Å². The Hall–Kier alpha value is -2.29. The number of para-hydroxylation sites is 1. The summed E-state index contributed by atoms with van der Waals surface area (Å²) >= 11 is 0. The van der Waals surface area contributed by atoms with Crippen LogP contribution in [0.15, 0.2) is 48.5 Å². The smallest absolute Gasteiger partial charge is 0.311 e. The van der Waals surface area contributed by atoms with Crippen LogP contribution in [-0.2, 0) is 10.2 Å². The van der Waals surface area contributed by atoms with Crippen LogP contribution in [0.2, 0.25) is 0 Å². The highest BCUT2D eigenvalue weighted by atomic mass is 16.5. The Bertz CT molecular complexity index is 666. The fourth-order valence-electron chi connectivity index (χ4n) is 2.39. The van der Waals surface area contributed by atoms with Gasteiger partial charge in [-0.15, -0.1) is 0 Å². The van der Waals surface area contributed by atoms with Crippen molar-refractivity contribution in [2.24, 2.45) is 0 Å². The van der Waals surface area contributed by atoms with Gasteiger partial charge in [0.05, 0.1) is 6.61 Å². The van der Waals surface area contributed by atoms with Gasteiger partial charge in [0.2, 0.25) is 0 Å². The van der Waals surface area contributed by atoms with Crippen molar-refractivity contribution in [1.29, 1.82) is 0 Å². The van der Waals surface area contributed by atoms with Gasteiger partial charge < -0.3 is 9.47 Å². The second-order valence-corrected chi connectivity index (χ2v) is 6.99. The van der Waals surface area contributed by atoms with Crippen molar-refractivity contribution in [1.82, 2.24) is 0 Å². The lowest BCUT2D eigenvalue weighted by Crippen LogP contribution is -2.16. The minimum atomic E-state index is -0.223. The van der Waals surface area contributed by atoms with Gasteiger partial charge in [0.1, 0.15) is 11.5 Å². The van der Waals surface area contributed by atoms with Crippen molar-refractivity contribution >= 4 is 5.97 Å². The highest BCUT2D eigenvalue weighted by molar-refractivity contribution is 5.72. The second-order valence-electron chi connectivity index (χ2n) is 6.99. The third-order valence-electron chi connectivity index (χ3n) is 3.73. The third kappa shape index (κ3) is 5.41. The molecular weight excluding hydrogens is 300 g/mol. The van der Waals surface area contributed by atoms with E-state index in [2.05, 4.69) is 20.8 Å². The predicted octanol–water partition coefficient (Wildman–Crippen LogP) is 5.06. The maximum absolute atomic E-state index is 12.1. The molecular formula is C21H26O3. The van der Waals surface area contributed by atoms with Crippen LogP contribution >= 0.6 is 0 Å². The van der Waals surface area contributed by atoms with Crippen LogP contribution in [0, 0.1) is 6.92 Å². The summed E-state index contributed by atoms with van der Waals surface area (Å²) < 4.78 is 11.2. The number of carbonyl (C=O) groups is 1. The molecule has 2 rings (SSSR count). The van der Waals surface area contributed by atoms with Gasteiger partial charge in [0, 0.05) is 12.0 Å². The van der Waals surface area contributed by atoms with Crippen molar-refractivity contribution in [3.05, 3.63) is 59.7 Å². The number of esters is 1. The first-order chi connectivity index (χ1) is 11.4. The van der Waals surface area contributed by atoms with E-state index in [-0.39, 0.29) is 11.4 Å². The fraction of sp³-hybridized carbons (Fsp3) is 0.381. The molecule has 0 aliphatic carbocycles. The maximum atomic E-state index is 12.1. The number of benzene rings is 2. The summed E-state index contributed by atoms with van der Waals surface area (Å²) in [6.45, 7) is 8.85. The molecule has 0 aliphatic rings. The number of aryl methyl sites for hydroxylation is 1. The van der Waals surface area contributed by atoms with Gasteiger partial charge in [-0.25, -0.2) is 0 Å². The first-order valence-electron chi connectivity index (χ1n) is 8.36. The topological polar surface area (TPSA) is 35.5 Å². The van der Waals surface area contributed by atoms with Gasteiger partial charge in [-0.2, -0.15) is 0 Å². The predicted molar refractivity (Wildman–Crippen MR) is 96.7 cm³/mol. The van der Waals surface area contributed by atoms with Gasteiger partial charge in [0.25, 0.3) is 0 Å². The Balaban J connectivity index is 1.81. The quantitative estimate of drug-likeness (QED) is 0.423. The Morgan fingerprint density at radius 3 is 2.33 bits per heavy atom. The van der Waals surface area contributed by atoms with Gasteiger partial charge in [-0.1, -0.05) is 56.7 Å². The first-order valence-corrected chi connectivity index (χ1v) is 8.36. The number of rotatable bonds is 6. The van der Waals surface area contributed by atoms with Gasteiger partial charge in [0.15, 0.2) is 0 Å². The van der Waals surface area contributed by atoms with Crippen molar-refractivity contribution in [2.75, 3.05) is 6.61 Å². The van der Waals surface area contributed by atoms with E-state index in [1.165, 1.54) is 5.56 Å². The van der Waals surface area contributed by atoms with Gasteiger partial charge in [-0.05, 0) is 37.0 Å². The van der Waals surface area contributed by atoms with Gasteiger partial charge in [-0.3, -0.25) is 4.79 Å². The molecule has 0 aromatic heterocycles. The monoisotopic (exact) mass is 326 g/mol. The van der Waals surface area contributed by atoms with Crippen molar-refractivity contribution < 1.29 is 14.3 Å². The molecule has 2 aromatic carbocycles. The van der Waals surface area contributed by atoms with Gasteiger partial charge >= 0.3 is 5.97 Å². The summed E-state index contributed by atoms with van der Waals surface area (Å²) in [5, 5.41) is 0. The second kappa shape index (κ2) is 8.00. The molecule has 0 fully saturated rings. The molecule has 0 spiro atoms. The zero-order valence-corrected chi connectivity index (χ0v) is 15.0. The van der Waals surface area contributed by atoms with E-state index in [4.69, 9.17) is 9.47 Å². The minimum absolute atomic E-state index is 0.0641. The summed E-state index contributed by atoms with van der Waals surface area (Å²) in [6.07, 6.45) is 0.967. The molecule has 128 valence electrons. The van der Waals surface area contributed by atoms with Crippen molar-refractivity contribution in [2.45, 2.75) is 46.0 Å². The third-order valence-corrected chi connectivity index (χ3v) is 3.73. The largest absolute Gasteiger partial charge is 0.494 e. The Kier molecular flexibility index (Phi) is 6.02. The molecule has 0 saturated carbocycles. The fourth-order valence-corrected chi connectivity index (χ4v) is 2.39. The summed E-state index contributed by atoms with van der Waals surface area (Å²) in [7, 11) is 0. The molecule has 2 aromatic rings. The highest BCUT2D eigenvalue weighted by Gasteiger charge is 2.19. The van der Waals surface area contributed by atoms with E-state index in [0.29, 0.717) is 25.2 Å². The molecule has 0 radical (unpaired) electrons. The summed E-state index contributed by atoms with van der Waals surface area (Å²) in [5.41, 5.74) is 2.17. The molecule has 0 bridgehead atoms. The summed E-state index contributed by atoms with van der Waals surface area (Å²) in [4.78, 5) is 12.1. The number of ether oxygens (including phenoxy) is 2. The first kappa shape index (κ1) is 18.1. The van der Waals surface area contributed by atoms with E-state index < -0.39 is 0 Å². The minimum Gasteiger partial charge on any atom is -0.494 e. The lowest BCUT2D eigenvalue weighted by molar-refractivity contribution is -0.134. The van der Waals surface area contributed by atoms with Crippen LogP contribution in [0.5, 0.6) is 11.5 Å². The maximum Gasteiger partial charge on any atom is 0.311 e. The molecule has 0 atom stereocenters. The zero-order valence-electron chi connectivity index (χ0n) is 15.0. The molecule has 0 amide bonds. The highest BCUT2D eigenvalue weighted by Crippen LogP contribution is 2.31. The lowest BCUT2D eigenvalue weighted by atomic mass is 9.86. The Morgan fingerprint density at radius 1 is 1.00 bits per heavy atom. The molecule has 0 saturated heterocycles. The average Bonchev–Trinajstić information content (AvgIpc) is 2.53. The molecule has 3 nitrogen and oxygen atoms in total. The lowest BCUT2D eigenvalue weighted by Gasteiger charge is -2.22. The number of carbonyl (C=O) groups excluding carboxylic acids is 1. The van der Waals surface area contributed by atoms with E-state index in [9.17, 15) is 4.79 Å². The molecule has 0 unspecified atom stereocenters. The standard InChI is InChI=1S/C21H26O3/c1-16-11-13-17(14-12-16)23-15-7-10-20(22)24-19-9-6-5-8-18(19)21(2,3)4/h5-6,8-9,11-14H,7,10,15H2,1-4H3. The molecule has 0 N–H and O–H groups in total. The van der Waals surface area contributed by atoms with E-state index >= 15 is 0 Å². The van der Waals surface area contributed by atoms with E-state index in [0.717, 1.165) is 11.3 Å². The van der Waals surface area contributed by atoms with Crippen LogP contribution < -0.4 is 9.47 Å². The molecule has 24 heavy (non-hydrogen) atoms. The van der Waals surface area contributed by atoms with Crippen LogP contribution in [0.3, 0.4) is 0 Å². The number of hydrogen-bond acceptors (Lipinski definition) is 3. The molecule has 0 heterocycles. The Labute approximate surface area is 144 Å². The zero-order chi connectivity index (χ0) is 17.6.